The third-order valence-electron chi connectivity index (χ3n) is 3.77. The summed E-state index contributed by atoms with van der Waals surface area (Å²) in [4.78, 5) is 24.3. The van der Waals surface area contributed by atoms with Crippen LogP contribution < -0.4 is 15.4 Å². The van der Waals surface area contributed by atoms with E-state index in [1.807, 2.05) is 19.2 Å². The quantitative estimate of drug-likeness (QED) is 0.258. The first-order chi connectivity index (χ1) is 14.0. The Morgan fingerprint density at radius 2 is 2.14 bits per heavy atom. The molecule has 0 aliphatic carbocycles. The second-order valence-corrected chi connectivity index (χ2v) is 7.66. The van der Waals surface area contributed by atoms with Gasteiger partial charge in [0.1, 0.15) is 5.75 Å². The topological polar surface area (TPSA) is 125 Å². The number of hydrogen-bond donors (Lipinski definition) is 2. The minimum Gasteiger partial charge on any atom is -0.492 e. The standard InChI is InChI=1S/C18H19N7O2S2/c1-4-15(26)23-18-20-10(3)16(29-18)13-9-28-17(22-13)21-12-8-11(24-25-19)6-7-14(12)27-5-2/h6-9H,4-5H2,1-3H3,(H,21,22)(H,20,23,26). The van der Waals surface area contributed by atoms with Gasteiger partial charge in [-0.1, -0.05) is 23.4 Å². The number of aromatic nitrogens is 2. The van der Waals surface area contributed by atoms with Crippen molar-refractivity contribution < 1.29 is 9.53 Å². The summed E-state index contributed by atoms with van der Waals surface area (Å²) < 4.78 is 5.64. The number of rotatable bonds is 8. The molecular weight excluding hydrogens is 410 g/mol. The van der Waals surface area contributed by atoms with Crippen molar-refractivity contribution in [1.82, 2.24) is 9.97 Å². The zero-order valence-corrected chi connectivity index (χ0v) is 17.7. The van der Waals surface area contributed by atoms with Crippen LogP contribution in [-0.4, -0.2) is 22.5 Å². The number of aryl methyl sites for hydroxylation is 1. The van der Waals surface area contributed by atoms with Gasteiger partial charge >= 0.3 is 0 Å². The van der Waals surface area contributed by atoms with Gasteiger partial charge in [0.25, 0.3) is 0 Å². The molecule has 0 atom stereocenters. The summed E-state index contributed by atoms with van der Waals surface area (Å²) in [5, 5.41) is 12.8. The number of nitrogens with zero attached hydrogens (tertiary/aromatic N) is 5. The van der Waals surface area contributed by atoms with Crippen molar-refractivity contribution in [3.8, 4) is 16.3 Å². The monoisotopic (exact) mass is 429 g/mol. The lowest BCUT2D eigenvalue weighted by Gasteiger charge is -2.11. The average molecular weight is 430 g/mol. The van der Waals surface area contributed by atoms with Gasteiger partial charge in [0.2, 0.25) is 5.91 Å². The molecule has 3 aromatic rings. The Kier molecular flexibility index (Phi) is 6.65. The minimum absolute atomic E-state index is 0.0747. The lowest BCUT2D eigenvalue weighted by Crippen LogP contribution is -2.08. The van der Waals surface area contributed by atoms with E-state index in [1.54, 1.807) is 25.1 Å². The maximum Gasteiger partial charge on any atom is 0.225 e. The Hall–Kier alpha value is -3.14. The largest absolute Gasteiger partial charge is 0.492 e. The van der Waals surface area contributed by atoms with Crippen LogP contribution in [0, 0.1) is 6.92 Å². The van der Waals surface area contributed by atoms with Crippen LogP contribution in [0.15, 0.2) is 28.7 Å². The molecular formula is C18H19N7O2S2. The number of thiazole rings is 2. The summed E-state index contributed by atoms with van der Waals surface area (Å²) in [6.45, 7) is 6.08. The van der Waals surface area contributed by atoms with Crippen molar-refractivity contribution in [3.05, 3.63) is 39.7 Å². The van der Waals surface area contributed by atoms with Gasteiger partial charge in [-0.15, -0.1) is 11.3 Å². The summed E-state index contributed by atoms with van der Waals surface area (Å²) in [7, 11) is 0. The zero-order valence-electron chi connectivity index (χ0n) is 16.1. The number of ether oxygens (including phenoxy) is 1. The molecule has 0 radical (unpaired) electrons. The fourth-order valence-corrected chi connectivity index (χ4v) is 4.19. The van der Waals surface area contributed by atoms with Crippen molar-refractivity contribution in [1.29, 1.82) is 0 Å². The molecule has 0 bridgehead atoms. The van der Waals surface area contributed by atoms with Gasteiger partial charge < -0.3 is 15.4 Å². The molecule has 0 fully saturated rings. The van der Waals surface area contributed by atoms with Gasteiger partial charge in [0.15, 0.2) is 10.3 Å². The SMILES string of the molecule is CCOc1ccc(N=[N+]=[N-])cc1Nc1nc(-c2sc(NC(=O)CC)nc2C)cs1. The summed E-state index contributed by atoms with van der Waals surface area (Å²) in [6, 6.07) is 5.15. The van der Waals surface area contributed by atoms with Gasteiger partial charge in [-0.2, -0.15) is 0 Å². The van der Waals surface area contributed by atoms with E-state index < -0.39 is 0 Å². The number of hydrogen-bond acceptors (Lipinski definition) is 8. The van der Waals surface area contributed by atoms with E-state index >= 15 is 0 Å². The fraction of sp³-hybridized carbons (Fsp3) is 0.278. The maximum absolute atomic E-state index is 11.6. The molecule has 0 saturated carbocycles. The minimum atomic E-state index is -0.0747. The number of azide groups is 1. The van der Waals surface area contributed by atoms with Crippen molar-refractivity contribution in [3.63, 3.8) is 0 Å². The predicted molar refractivity (Wildman–Crippen MR) is 117 cm³/mol. The summed E-state index contributed by atoms with van der Waals surface area (Å²) in [5.74, 6) is 0.564. The van der Waals surface area contributed by atoms with Gasteiger partial charge in [-0.05, 0) is 37.6 Å². The highest BCUT2D eigenvalue weighted by Gasteiger charge is 2.15. The van der Waals surface area contributed by atoms with Crippen LogP contribution in [0.3, 0.4) is 0 Å². The highest BCUT2D eigenvalue weighted by Crippen LogP contribution is 2.37. The normalized spacial score (nSPS) is 10.3. The third kappa shape index (κ3) is 5.02. The Morgan fingerprint density at radius 3 is 2.86 bits per heavy atom. The Morgan fingerprint density at radius 1 is 1.31 bits per heavy atom. The molecule has 0 aliphatic heterocycles. The maximum atomic E-state index is 11.6. The van der Waals surface area contributed by atoms with Gasteiger partial charge in [-0.3, -0.25) is 4.79 Å². The molecule has 2 aromatic heterocycles. The van der Waals surface area contributed by atoms with Gasteiger partial charge in [-0.25, -0.2) is 9.97 Å². The van der Waals surface area contributed by atoms with E-state index in [1.165, 1.54) is 22.7 Å². The van der Waals surface area contributed by atoms with Crippen LogP contribution >= 0.6 is 22.7 Å². The molecule has 0 aliphatic rings. The third-order valence-corrected chi connectivity index (χ3v) is 5.62. The Balaban J connectivity index is 1.85. The number of nitrogens with one attached hydrogen (secondary N) is 2. The van der Waals surface area contributed by atoms with Crippen LogP contribution in [0.2, 0.25) is 0 Å². The van der Waals surface area contributed by atoms with Crippen LogP contribution in [0.1, 0.15) is 26.0 Å². The summed E-state index contributed by atoms with van der Waals surface area (Å²) in [6.07, 6.45) is 0.399. The molecule has 2 heterocycles. The van der Waals surface area contributed by atoms with Crippen LogP contribution in [-0.2, 0) is 4.79 Å². The highest BCUT2D eigenvalue weighted by molar-refractivity contribution is 7.20. The van der Waals surface area contributed by atoms with E-state index in [9.17, 15) is 4.79 Å². The molecule has 1 amide bonds. The Labute approximate surface area is 175 Å². The van der Waals surface area contributed by atoms with Gasteiger partial charge in [0.05, 0.1) is 28.6 Å². The molecule has 11 heteroatoms. The van der Waals surface area contributed by atoms with Crippen molar-refractivity contribution >= 4 is 50.2 Å². The van der Waals surface area contributed by atoms with Crippen LogP contribution in [0.25, 0.3) is 21.0 Å². The molecule has 9 nitrogen and oxygen atoms in total. The average Bonchev–Trinajstić information content (AvgIpc) is 3.30. The van der Waals surface area contributed by atoms with E-state index in [4.69, 9.17) is 10.3 Å². The smallest absolute Gasteiger partial charge is 0.225 e. The molecule has 150 valence electrons. The first kappa shape index (κ1) is 20.6. The highest BCUT2D eigenvalue weighted by atomic mass is 32.1. The number of benzene rings is 1. The van der Waals surface area contributed by atoms with E-state index in [-0.39, 0.29) is 5.91 Å². The molecule has 29 heavy (non-hydrogen) atoms. The van der Waals surface area contributed by atoms with Crippen molar-refractivity contribution in [2.24, 2.45) is 5.11 Å². The van der Waals surface area contributed by atoms with Crippen molar-refractivity contribution in [2.45, 2.75) is 27.2 Å². The van der Waals surface area contributed by atoms with E-state index in [2.05, 4.69) is 30.6 Å². The molecule has 0 unspecified atom stereocenters. The number of carbonyl (C=O) groups excluding carboxylic acids is 1. The first-order valence-electron chi connectivity index (χ1n) is 8.86. The van der Waals surface area contributed by atoms with Crippen LogP contribution in [0.5, 0.6) is 5.75 Å². The lowest BCUT2D eigenvalue weighted by atomic mass is 10.2. The van der Waals surface area contributed by atoms with E-state index in [0.29, 0.717) is 40.4 Å². The lowest BCUT2D eigenvalue weighted by molar-refractivity contribution is -0.115. The first-order valence-corrected chi connectivity index (χ1v) is 10.6. The number of carbonyl (C=O) groups is 1. The molecule has 0 spiro atoms. The predicted octanol–water partition coefficient (Wildman–Crippen LogP) is 6.01. The molecule has 2 N–H and O–H groups in total. The number of anilines is 3. The molecule has 3 rings (SSSR count). The molecule has 0 saturated heterocycles. The second kappa shape index (κ2) is 9.37. The summed E-state index contributed by atoms with van der Waals surface area (Å²) >= 11 is 2.82. The molecule has 1 aromatic carbocycles. The summed E-state index contributed by atoms with van der Waals surface area (Å²) in [5.41, 5.74) is 11.4. The van der Waals surface area contributed by atoms with Crippen molar-refractivity contribution in [2.75, 3.05) is 17.2 Å². The number of amides is 1. The fourth-order valence-electron chi connectivity index (χ4n) is 2.46. The van der Waals surface area contributed by atoms with Gasteiger partial charge in [0, 0.05) is 22.4 Å². The zero-order chi connectivity index (χ0) is 20.8. The van der Waals surface area contributed by atoms with E-state index in [0.717, 1.165) is 16.3 Å². The Bertz CT molecular complexity index is 1070. The van der Waals surface area contributed by atoms with Crippen LogP contribution in [0.4, 0.5) is 21.6 Å². The second-order valence-electron chi connectivity index (χ2n) is 5.80.